The van der Waals surface area contributed by atoms with Gasteiger partial charge in [0.1, 0.15) is 29.5 Å². The Morgan fingerprint density at radius 3 is 2.31 bits per heavy atom. The molecule has 6 heteroatoms. The summed E-state index contributed by atoms with van der Waals surface area (Å²) in [5.74, 6) is 2.19. The van der Waals surface area contributed by atoms with Crippen molar-refractivity contribution < 1.29 is 14.2 Å². The first kappa shape index (κ1) is 21.2. The Balaban J connectivity index is 1.53. The number of aromatic nitrogens is 3. The number of H-pyrrole nitrogens is 1. The van der Waals surface area contributed by atoms with Crippen LogP contribution in [0.25, 0.3) is 23.4 Å². The number of rotatable bonds is 8. The normalized spacial score (nSPS) is 11.0. The first-order valence-electron chi connectivity index (χ1n) is 10.2. The third-order valence-corrected chi connectivity index (χ3v) is 5.09. The van der Waals surface area contributed by atoms with Crippen LogP contribution in [-0.4, -0.2) is 29.6 Å². The van der Waals surface area contributed by atoms with E-state index in [1.807, 2.05) is 48.6 Å². The monoisotopic (exact) mass is 427 g/mol. The average molecular weight is 428 g/mol. The lowest BCUT2D eigenvalue weighted by atomic mass is 10.0. The van der Waals surface area contributed by atoms with E-state index in [0.717, 1.165) is 28.0 Å². The molecule has 0 saturated carbocycles. The molecular formula is C26H25N3O3. The maximum atomic E-state index is 5.90. The van der Waals surface area contributed by atoms with Crippen LogP contribution < -0.4 is 14.2 Å². The molecule has 4 aromatic rings. The van der Waals surface area contributed by atoms with Gasteiger partial charge in [-0.1, -0.05) is 54.1 Å². The molecule has 0 atom stereocenters. The fourth-order valence-electron chi connectivity index (χ4n) is 3.33. The highest BCUT2D eigenvalue weighted by molar-refractivity contribution is 5.84. The molecule has 0 aliphatic carbocycles. The molecule has 3 aromatic carbocycles. The average Bonchev–Trinajstić information content (AvgIpc) is 3.37. The minimum absolute atomic E-state index is 0.542. The zero-order valence-corrected chi connectivity index (χ0v) is 18.3. The summed E-state index contributed by atoms with van der Waals surface area (Å²) in [4.78, 5) is 0. The van der Waals surface area contributed by atoms with Gasteiger partial charge in [-0.15, -0.1) is 0 Å². The highest BCUT2D eigenvalue weighted by Crippen LogP contribution is 2.37. The van der Waals surface area contributed by atoms with Crippen molar-refractivity contribution in [3.05, 3.63) is 89.1 Å². The van der Waals surface area contributed by atoms with Crippen molar-refractivity contribution in [1.82, 2.24) is 15.4 Å². The molecule has 1 aromatic heterocycles. The van der Waals surface area contributed by atoms with E-state index < -0.39 is 0 Å². The molecule has 0 aliphatic heterocycles. The van der Waals surface area contributed by atoms with E-state index in [-0.39, 0.29) is 0 Å². The number of nitrogens with one attached hydrogen (secondary N) is 1. The predicted molar refractivity (Wildman–Crippen MR) is 126 cm³/mol. The second kappa shape index (κ2) is 9.83. The van der Waals surface area contributed by atoms with Crippen molar-refractivity contribution in [2.75, 3.05) is 14.2 Å². The molecule has 0 saturated heterocycles. The third kappa shape index (κ3) is 4.98. The highest BCUT2D eigenvalue weighted by atomic mass is 16.5. The van der Waals surface area contributed by atoms with Crippen molar-refractivity contribution >= 4 is 12.2 Å². The smallest absolute Gasteiger partial charge is 0.132 e. The van der Waals surface area contributed by atoms with Crippen LogP contribution in [0.5, 0.6) is 17.2 Å². The summed E-state index contributed by atoms with van der Waals surface area (Å²) in [6.07, 6.45) is 5.71. The molecule has 0 amide bonds. The molecule has 0 radical (unpaired) electrons. The minimum Gasteiger partial charge on any atom is -0.497 e. The molecule has 0 unspecified atom stereocenters. The van der Waals surface area contributed by atoms with Crippen molar-refractivity contribution in [1.29, 1.82) is 0 Å². The van der Waals surface area contributed by atoms with Crippen LogP contribution in [0.15, 0.2) is 66.9 Å². The van der Waals surface area contributed by atoms with E-state index in [9.17, 15) is 0 Å². The van der Waals surface area contributed by atoms with Crippen LogP contribution >= 0.6 is 0 Å². The minimum atomic E-state index is 0.542. The lowest BCUT2D eigenvalue weighted by Crippen LogP contribution is -1.95. The zero-order chi connectivity index (χ0) is 22.3. The lowest BCUT2D eigenvalue weighted by Gasteiger charge is -2.12. The Hall–Kier alpha value is -4.06. The summed E-state index contributed by atoms with van der Waals surface area (Å²) in [5, 5.41) is 10.8. The zero-order valence-electron chi connectivity index (χ0n) is 18.3. The first-order valence-corrected chi connectivity index (χ1v) is 10.2. The molecule has 1 heterocycles. The van der Waals surface area contributed by atoms with Crippen molar-refractivity contribution in [2.24, 2.45) is 0 Å². The molecule has 6 nitrogen and oxygen atoms in total. The van der Waals surface area contributed by atoms with Crippen LogP contribution in [-0.2, 0) is 6.61 Å². The van der Waals surface area contributed by atoms with Gasteiger partial charge in [0.05, 0.1) is 26.0 Å². The van der Waals surface area contributed by atoms with E-state index in [4.69, 9.17) is 14.2 Å². The number of ether oxygens (including phenoxy) is 3. The summed E-state index contributed by atoms with van der Waals surface area (Å²) in [6, 6.07) is 20.1. The predicted octanol–water partition coefficient (Wildman–Crippen LogP) is 5.55. The Morgan fingerprint density at radius 2 is 1.66 bits per heavy atom. The van der Waals surface area contributed by atoms with E-state index in [1.165, 1.54) is 5.56 Å². The van der Waals surface area contributed by atoms with Gasteiger partial charge in [-0.05, 0) is 41.8 Å². The van der Waals surface area contributed by atoms with Gasteiger partial charge in [0.25, 0.3) is 0 Å². The van der Waals surface area contributed by atoms with E-state index in [1.54, 1.807) is 20.4 Å². The second-order valence-corrected chi connectivity index (χ2v) is 7.33. The van der Waals surface area contributed by atoms with Gasteiger partial charge in [0.2, 0.25) is 0 Å². The van der Waals surface area contributed by atoms with E-state index >= 15 is 0 Å². The third-order valence-electron chi connectivity index (χ3n) is 5.09. The van der Waals surface area contributed by atoms with Crippen molar-refractivity contribution in [2.45, 2.75) is 13.5 Å². The van der Waals surface area contributed by atoms with E-state index in [2.05, 4.69) is 46.6 Å². The molecule has 1 N–H and O–H groups in total. The van der Waals surface area contributed by atoms with Crippen LogP contribution in [0, 0.1) is 6.92 Å². The summed E-state index contributed by atoms with van der Waals surface area (Å²) in [7, 11) is 3.26. The summed E-state index contributed by atoms with van der Waals surface area (Å²) in [6.45, 7) is 2.62. The molecule has 0 fully saturated rings. The van der Waals surface area contributed by atoms with Gasteiger partial charge in [-0.3, -0.25) is 0 Å². The number of hydrogen-bond donors (Lipinski definition) is 1. The van der Waals surface area contributed by atoms with Crippen molar-refractivity contribution in [3.63, 3.8) is 0 Å². The van der Waals surface area contributed by atoms with Crippen LogP contribution in [0.3, 0.4) is 0 Å². The number of methoxy groups -OCH3 is 2. The Labute approximate surface area is 187 Å². The SMILES string of the molecule is COc1cc(/C=C/c2ccc(OCc3ccc(C)cc3)cc2)c(-c2cn[nH]n2)c(OC)c1. The Kier molecular flexibility index (Phi) is 6.51. The molecular weight excluding hydrogens is 402 g/mol. The molecule has 0 spiro atoms. The number of nitrogens with zero attached hydrogens (tertiary/aromatic N) is 2. The summed E-state index contributed by atoms with van der Waals surface area (Å²) >= 11 is 0. The molecule has 0 aliphatic rings. The van der Waals surface area contributed by atoms with Crippen LogP contribution in [0.4, 0.5) is 0 Å². The fourth-order valence-corrected chi connectivity index (χ4v) is 3.33. The molecule has 32 heavy (non-hydrogen) atoms. The lowest BCUT2D eigenvalue weighted by molar-refractivity contribution is 0.306. The van der Waals surface area contributed by atoms with Crippen molar-refractivity contribution in [3.8, 4) is 28.5 Å². The number of aromatic amines is 1. The molecule has 4 rings (SSSR count). The van der Waals surface area contributed by atoms with E-state index in [0.29, 0.717) is 23.8 Å². The fraction of sp³-hybridized carbons (Fsp3) is 0.154. The van der Waals surface area contributed by atoms with Gasteiger partial charge in [-0.25, -0.2) is 0 Å². The topological polar surface area (TPSA) is 69.3 Å². The van der Waals surface area contributed by atoms with Gasteiger partial charge in [-0.2, -0.15) is 15.4 Å². The van der Waals surface area contributed by atoms with Gasteiger partial charge in [0, 0.05) is 6.07 Å². The van der Waals surface area contributed by atoms with Crippen LogP contribution in [0.1, 0.15) is 22.3 Å². The summed E-state index contributed by atoms with van der Waals surface area (Å²) in [5.41, 5.74) is 5.88. The quantitative estimate of drug-likeness (QED) is 0.374. The second-order valence-electron chi connectivity index (χ2n) is 7.33. The van der Waals surface area contributed by atoms with Crippen LogP contribution in [0.2, 0.25) is 0 Å². The largest absolute Gasteiger partial charge is 0.497 e. The first-order chi connectivity index (χ1) is 15.7. The maximum absolute atomic E-state index is 5.90. The molecule has 162 valence electrons. The summed E-state index contributed by atoms with van der Waals surface area (Å²) < 4.78 is 16.9. The van der Waals surface area contributed by atoms with Gasteiger partial charge in [0.15, 0.2) is 0 Å². The standard InChI is InChI=1S/C26H25N3O3/c1-18-4-6-20(7-5-18)17-32-22-12-9-19(10-13-22)8-11-21-14-23(30-2)15-25(31-3)26(21)24-16-27-29-28-24/h4-16H,17H2,1-3H3,(H,27,28,29)/b11-8+. The molecule has 0 bridgehead atoms. The Bertz CT molecular complexity index is 1180. The Morgan fingerprint density at radius 1 is 0.875 bits per heavy atom. The maximum Gasteiger partial charge on any atom is 0.132 e. The number of benzene rings is 3. The number of hydrogen-bond acceptors (Lipinski definition) is 5. The number of aryl methyl sites for hydroxylation is 1. The van der Waals surface area contributed by atoms with Gasteiger partial charge < -0.3 is 14.2 Å². The highest BCUT2D eigenvalue weighted by Gasteiger charge is 2.15. The van der Waals surface area contributed by atoms with Gasteiger partial charge >= 0.3 is 0 Å².